The summed E-state index contributed by atoms with van der Waals surface area (Å²) in [5.74, 6) is -7.02. The summed E-state index contributed by atoms with van der Waals surface area (Å²) in [5.41, 5.74) is 0.432. The van der Waals surface area contributed by atoms with Gasteiger partial charge in [0.05, 0.1) is 12.7 Å². The van der Waals surface area contributed by atoms with Crippen LogP contribution in [0.2, 0.25) is 0 Å². The van der Waals surface area contributed by atoms with E-state index in [1.165, 1.54) is 27.1 Å². The molecule has 3 aliphatic rings. The molecule has 3 aliphatic carbocycles. The SMILES string of the molecule is CON(C)C1(C)C(=O)C(C(N)=O)=C(O)C2(O)C(=O)C3=C(O)c4c(O)cccc4CC3CC21. The van der Waals surface area contributed by atoms with Crippen molar-refractivity contribution in [3.05, 3.63) is 46.2 Å². The second-order valence-electron chi connectivity index (χ2n) is 8.60. The van der Waals surface area contributed by atoms with Gasteiger partial charge in [-0.3, -0.25) is 14.4 Å². The molecule has 170 valence electrons. The lowest BCUT2D eigenvalue weighted by atomic mass is 9.53. The van der Waals surface area contributed by atoms with Gasteiger partial charge in [-0.2, -0.15) is 5.06 Å². The van der Waals surface area contributed by atoms with Gasteiger partial charge < -0.3 is 31.0 Å². The summed E-state index contributed by atoms with van der Waals surface area (Å²) in [7, 11) is 2.68. The number of likely N-dealkylation sites (N-methyl/N-ethyl adjacent to an activating group) is 1. The van der Waals surface area contributed by atoms with Crippen LogP contribution in [-0.2, 0) is 25.6 Å². The molecule has 4 rings (SSSR count). The van der Waals surface area contributed by atoms with E-state index >= 15 is 0 Å². The first-order valence-electron chi connectivity index (χ1n) is 10.00. The highest BCUT2D eigenvalue weighted by Gasteiger charge is 2.69. The van der Waals surface area contributed by atoms with Crippen molar-refractivity contribution >= 4 is 23.2 Å². The Labute approximate surface area is 183 Å². The Morgan fingerprint density at radius 2 is 1.88 bits per heavy atom. The van der Waals surface area contributed by atoms with Gasteiger partial charge in [-0.05, 0) is 37.3 Å². The molecule has 0 heterocycles. The summed E-state index contributed by atoms with van der Waals surface area (Å²) >= 11 is 0. The average Bonchev–Trinajstić information content (AvgIpc) is 2.73. The fourth-order valence-corrected chi connectivity index (χ4v) is 5.44. The van der Waals surface area contributed by atoms with Crippen LogP contribution in [0, 0.1) is 11.8 Å². The molecule has 0 aromatic heterocycles. The lowest BCUT2D eigenvalue weighted by Crippen LogP contribution is -2.71. The number of aromatic hydroxyl groups is 1. The second kappa shape index (κ2) is 6.89. The van der Waals surface area contributed by atoms with E-state index in [0.717, 1.165) is 5.06 Å². The Morgan fingerprint density at radius 1 is 1.22 bits per heavy atom. The summed E-state index contributed by atoms with van der Waals surface area (Å²) in [6, 6.07) is 4.66. The van der Waals surface area contributed by atoms with Crippen LogP contribution in [0.15, 0.2) is 35.1 Å². The van der Waals surface area contributed by atoms with Gasteiger partial charge in [-0.15, -0.1) is 0 Å². The molecule has 0 radical (unpaired) electrons. The number of Topliss-reactive ketones (excluding diaryl/α,β-unsaturated/α-hetero) is 2. The van der Waals surface area contributed by atoms with Crippen molar-refractivity contribution in [3.8, 4) is 5.75 Å². The Morgan fingerprint density at radius 3 is 2.47 bits per heavy atom. The average molecular weight is 444 g/mol. The van der Waals surface area contributed by atoms with Gasteiger partial charge in [0.25, 0.3) is 5.91 Å². The summed E-state index contributed by atoms with van der Waals surface area (Å²) < 4.78 is 0. The highest BCUT2D eigenvalue weighted by molar-refractivity contribution is 6.25. The van der Waals surface area contributed by atoms with E-state index in [4.69, 9.17) is 10.6 Å². The number of amides is 1. The number of aliphatic hydroxyl groups excluding tert-OH is 2. The first kappa shape index (κ1) is 22.0. The number of hydrogen-bond donors (Lipinski definition) is 5. The number of rotatable bonds is 3. The summed E-state index contributed by atoms with van der Waals surface area (Å²) in [6.07, 6.45) is 0.234. The van der Waals surface area contributed by atoms with Crippen molar-refractivity contribution in [2.24, 2.45) is 17.6 Å². The molecule has 0 spiro atoms. The van der Waals surface area contributed by atoms with Crippen LogP contribution in [0.5, 0.6) is 5.75 Å². The summed E-state index contributed by atoms with van der Waals surface area (Å²) in [5, 5.41) is 44.7. The minimum absolute atomic E-state index is 0.0111. The molecular weight excluding hydrogens is 420 g/mol. The predicted molar refractivity (Wildman–Crippen MR) is 110 cm³/mol. The maximum absolute atomic E-state index is 13.7. The predicted octanol–water partition coefficient (Wildman–Crippen LogP) is 0.286. The Hall–Kier alpha value is -3.21. The largest absolute Gasteiger partial charge is 0.508 e. The standard InChI is InChI=1S/C22H24N2O8/c1-21(24(2)32-3)12-8-10-7-9-5-4-6-11(25)13(9)16(26)14(10)18(28)22(12,31)19(29)15(17(21)27)20(23)30/h4-6,10,12,25-26,29,31H,7-8H2,1-3H3,(H2,23,30). The summed E-state index contributed by atoms with van der Waals surface area (Å²) in [6.45, 7) is 1.40. The molecule has 10 heteroatoms. The van der Waals surface area contributed by atoms with Crippen LogP contribution < -0.4 is 5.73 Å². The maximum Gasteiger partial charge on any atom is 0.255 e. The molecule has 0 saturated heterocycles. The third-order valence-corrected chi connectivity index (χ3v) is 7.25. The first-order chi connectivity index (χ1) is 14.9. The fourth-order valence-electron chi connectivity index (χ4n) is 5.44. The Kier molecular flexibility index (Phi) is 4.74. The van der Waals surface area contributed by atoms with Crippen molar-refractivity contribution in [1.29, 1.82) is 0 Å². The van der Waals surface area contributed by atoms with E-state index in [2.05, 4.69) is 0 Å². The van der Waals surface area contributed by atoms with Gasteiger partial charge >= 0.3 is 0 Å². The molecule has 1 aromatic carbocycles. The quantitative estimate of drug-likeness (QED) is 0.324. The van der Waals surface area contributed by atoms with Crippen molar-refractivity contribution in [1.82, 2.24) is 5.06 Å². The van der Waals surface area contributed by atoms with Crippen LogP contribution in [-0.4, -0.2) is 68.3 Å². The van der Waals surface area contributed by atoms with Gasteiger partial charge in [0.15, 0.2) is 11.4 Å². The lowest BCUT2D eigenvalue weighted by Gasteiger charge is -2.54. The number of carbonyl (C=O) groups excluding carboxylic acids is 3. The molecule has 0 bridgehead atoms. The number of nitrogens with two attached hydrogens (primary N) is 1. The van der Waals surface area contributed by atoms with Crippen LogP contribution in [0.25, 0.3) is 5.76 Å². The van der Waals surface area contributed by atoms with Gasteiger partial charge in [0.1, 0.15) is 28.4 Å². The zero-order valence-electron chi connectivity index (χ0n) is 17.7. The number of primary amides is 1. The highest BCUT2D eigenvalue weighted by Crippen LogP contribution is 2.55. The Bertz CT molecular complexity index is 1140. The monoisotopic (exact) mass is 444 g/mol. The zero-order valence-corrected chi connectivity index (χ0v) is 17.7. The number of carbonyl (C=O) groups is 3. The highest BCUT2D eigenvalue weighted by atomic mass is 16.7. The smallest absolute Gasteiger partial charge is 0.255 e. The number of phenols is 1. The number of hydroxylamine groups is 2. The van der Waals surface area contributed by atoms with Crippen molar-refractivity contribution in [2.75, 3.05) is 14.2 Å². The van der Waals surface area contributed by atoms with E-state index in [9.17, 15) is 34.8 Å². The number of fused-ring (bicyclic) bond motifs is 3. The lowest BCUT2D eigenvalue weighted by molar-refractivity contribution is -0.221. The molecule has 4 unspecified atom stereocenters. The van der Waals surface area contributed by atoms with Gasteiger partial charge in [0.2, 0.25) is 5.78 Å². The molecular formula is C22H24N2O8. The van der Waals surface area contributed by atoms with Crippen molar-refractivity contribution < 1.29 is 39.6 Å². The van der Waals surface area contributed by atoms with Crippen LogP contribution >= 0.6 is 0 Å². The van der Waals surface area contributed by atoms with E-state index in [0.29, 0.717) is 5.56 Å². The molecule has 10 nitrogen and oxygen atoms in total. The molecule has 1 fully saturated rings. The van der Waals surface area contributed by atoms with Gasteiger partial charge in [0, 0.05) is 18.5 Å². The first-order valence-corrected chi connectivity index (χ1v) is 10.00. The van der Waals surface area contributed by atoms with Crippen molar-refractivity contribution in [3.63, 3.8) is 0 Å². The number of phenolic OH excluding ortho intramolecular Hbond substituents is 1. The van der Waals surface area contributed by atoms with Crippen LogP contribution in [0.3, 0.4) is 0 Å². The van der Waals surface area contributed by atoms with Gasteiger partial charge in [-0.25, -0.2) is 0 Å². The third-order valence-electron chi connectivity index (χ3n) is 7.25. The number of hydrogen-bond acceptors (Lipinski definition) is 9. The maximum atomic E-state index is 13.7. The molecule has 6 N–H and O–H groups in total. The van der Waals surface area contributed by atoms with E-state index in [-0.39, 0.29) is 29.7 Å². The third kappa shape index (κ3) is 2.48. The second-order valence-corrected chi connectivity index (χ2v) is 8.60. The van der Waals surface area contributed by atoms with E-state index in [1.54, 1.807) is 12.1 Å². The topological polar surface area (TPSA) is 171 Å². The molecule has 0 aliphatic heterocycles. The van der Waals surface area contributed by atoms with Crippen LogP contribution in [0.4, 0.5) is 0 Å². The fraction of sp³-hybridized carbons (Fsp3) is 0.409. The molecule has 32 heavy (non-hydrogen) atoms. The summed E-state index contributed by atoms with van der Waals surface area (Å²) in [4.78, 5) is 44.3. The number of nitrogens with zero attached hydrogens (tertiary/aromatic N) is 1. The van der Waals surface area contributed by atoms with E-state index in [1.807, 2.05) is 0 Å². The molecule has 1 saturated carbocycles. The molecule has 4 atom stereocenters. The van der Waals surface area contributed by atoms with Crippen LogP contribution in [0.1, 0.15) is 24.5 Å². The Balaban J connectivity index is 2.02. The number of aliphatic hydroxyl groups is 3. The zero-order chi connectivity index (χ0) is 23.7. The number of ketones is 2. The van der Waals surface area contributed by atoms with Crippen molar-refractivity contribution in [2.45, 2.75) is 30.9 Å². The normalized spacial score (nSPS) is 32.0. The minimum Gasteiger partial charge on any atom is -0.508 e. The molecule has 1 aromatic rings. The van der Waals surface area contributed by atoms with Gasteiger partial charge in [-0.1, -0.05) is 12.1 Å². The minimum atomic E-state index is -2.72. The van der Waals surface area contributed by atoms with E-state index < -0.39 is 57.5 Å². The number of benzene rings is 1. The molecule has 1 amide bonds.